The minimum absolute atomic E-state index is 0.0429. The van der Waals surface area contributed by atoms with Crippen molar-refractivity contribution in [3.05, 3.63) is 35.5 Å². The number of nitrogens with two attached hydrogens (primary N) is 2. The minimum Gasteiger partial charge on any atom is -0.368 e. The number of aromatic nitrogens is 5. The molecule has 0 fully saturated rings. The molecule has 0 saturated carbocycles. The molecule has 2 heterocycles. The van der Waals surface area contributed by atoms with Crippen LogP contribution in [0.15, 0.2) is 27.9 Å². The molecule has 23 heavy (non-hydrogen) atoms. The largest absolute Gasteiger partial charge is 0.368 e. The van der Waals surface area contributed by atoms with Crippen molar-refractivity contribution in [1.82, 2.24) is 25.1 Å². The average Bonchev–Trinajstić information content (AvgIpc) is 2.96. The summed E-state index contributed by atoms with van der Waals surface area (Å²) in [6.07, 6.45) is 0. The molecule has 4 N–H and O–H groups in total. The van der Waals surface area contributed by atoms with Crippen molar-refractivity contribution in [1.29, 1.82) is 0 Å². The number of rotatable bonds is 4. The minimum atomic E-state index is -0.320. The molecule has 118 valence electrons. The van der Waals surface area contributed by atoms with Crippen molar-refractivity contribution in [3.63, 3.8) is 0 Å². The molecular formula is C13H12FN7OS. The molecule has 0 bridgehead atoms. The zero-order chi connectivity index (χ0) is 16.4. The van der Waals surface area contributed by atoms with Gasteiger partial charge >= 0.3 is 0 Å². The smallest absolute Gasteiger partial charge is 0.237 e. The Balaban J connectivity index is 1.73. The molecule has 0 amide bonds. The number of nitrogens with zero attached hydrogens (tertiary/aromatic N) is 5. The van der Waals surface area contributed by atoms with Gasteiger partial charge in [-0.2, -0.15) is 19.9 Å². The Morgan fingerprint density at radius 3 is 2.57 bits per heavy atom. The van der Waals surface area contributed by atoms with Gasteiger partial charge in [0, 0.05) is 5.56 Å². The van der Waals surface area contributed by atoms with Gasteiger partial charge in [-0.25, -0.2) is 4.39 Å². The SMILES string of the molecule is Cc1ccc(-c2noc(CSc3nc(N)nc(N)n3)n2)cc1F. The lowest BCUT2D eigenvalue weighted by Crippen LogP contribution is -2.03. The lowest BCUT2D eigenvalue weighted by Gasteiger charge is -1.99. The van der Waals surface area contributed by atoms with Crippen LogP contribution in [-0.2, 0) is 5.75 Å². The van der Waals surface area contributed by atoms with Crippen LogP contribution in [0.3, 0.4) is 0 Å². The molecule has 0 radical (unpaired) electrons. The summed E-state index contributed by atoms with van der Waals surface area (Å²) in [5.74, 6) is 0.754. The van der Waals surface area contributed by atoms with Gasteiger partial charge < -0.3 is 16.0 Å². The molecule has 0 aliphatic heterocycles. The van der Waals surface area contributed by atoms with E-state index in [1.54, 1.807) is 19.1 Å². The van der Waals surface area contributed by atoms with Crippen LogP contribution in [-0.4, -0.2) is 25.1 Å². The molecule has 8 nitrogen and oxygen atoms in total. The molecule has 3 rings (SSSR count). The van der Waals surface area contributed by atoms with E-state index in [2.05, 4.69) is 25.1 Å². The molecule has 3 aromatic rings. The Kier molecular flexibility index (Phi) is 4.06. The van der Waals surface area contributed by atoms with Crippen LogP contribution in [0.5, 0.6) is 0 Å². The first-order valence-electron chi connectivity index (χ1n) is 6.50. The van der Waals surface area contributed by atoms with Crippen LogP contribution in [0.2, 0.25) is 0 Å². The Bertz CT molecular complexity index is 834. The number of nitrogen functional groups attached to an aromatic ring is 2. The Morgan fingerprint density at radius 2 is 1.87 bits per heavy atom. The molecule has 0 aliphatic carbocycles. The maximum atomic E-state index is 13.6. The van der Waals surface area contributed by atoms with Gasteiger partial charge in [0.05, 0.1) is 5.75 Å². The van der Waals surface area contributed by atoms with Crippen LogP contribution >= 0.6 is 11.8 Å². The molecule has 1 aromatic carbocycles. The van der Waals surface area contributed by atoms with E-state index in [1.807, 2.05) is 0 Å². The summed E-state index contributed by atoms with van der Waals surface area (Å²) in [5.41, 5.74) is 12.1. The number of halogens is 1. The summed E-state index contributed by atoms with van der Waals surface area (Å²) in [6.45, 7) is 1.68. The van der Waals surface area contributed by atoms with E-state index in [0.29, 0.717) is 33.8 Å². The van der Waals surface area contributed by atoms with Crippen LogP contribution in [0.25, 0.3) is 11.4 Å². The number of anilines is 2. The van der Waals surface area contributed by atoms with Gasteiger partial charge in [0.1, 0.15) is 5.82 Å². The highest BCUT2D eigenvalue weighted by Crippen LogP contribution is 2.23. The lowest BCUT2D eigenvalue weighted by molar-refractivity contribution is 0.391. The van der Waals surface area contributed by atoms with Gasteiger partial charge in [-0.1, -0.05) is 29.1 Å². The van der Waals surface area contributed by atoms with Gasteiger partial charge in [0.2, 0.25) is 23.6 Å². The molecule has 0 unspecified atom stereocenters. The van der Waals surface area contributed by atoms with Gasteiger partial charge in [0.25, 0.3) is 0 Å². The summed E-state index contributed by atoms with van der Waals surface area (Å²) in [4.78, 5) is 15.8. The summed E-state index contributed by atoms with van der Waals surface area (Å²) >= 11 is 1.22. The third-order valence-corrected chi connectivity index (χ3v) is 3.70. The van der Waals surface area contributed by atoms with Crippen LogP contribution in [0.4, 0.5) is 16.3 Å². The predicted octanol–water partition coefficient (Wildman–Crippen LogP) is 1.83. The molecule has 0 saturated heterocycles. The number of hydrogen-bond donors (Lipinski definition) is 2. The summed E-state index contributed by atoms with van der Waals surface area (Å²) in [7, 11) is 0. The normalized spacial score (nSPS) is 10.9. The second-order valence-electron chi connectivity index (χ2n) is 4.60. The van der Waals surface area contributed by atoms with Gasteiger partial charge in [-0.05, 0) is 18.6 Å². The Morgan fingerprint density at radius 1 is 1.13 bits per heavy atom. The second-order valence-corrected chi connectivity index (χ2v) is 5.54. The van der Waals surface area contributed by atoms with E-state index in [0.717, 1.165) is 0 Å². The highest BCUT2D eigenvalue weighted by molar-refractivity contribution is 7.98. The fourth-order valence-electron chi connectivity index (χ4n) is 1.74. The summed E-state index contributed by atoms with van der Waals surface area (Å²) in [5, 5.41) is 4.19. The highest BCUT2D eigenvalue weighted by Gasteiger charge is 2.12. The molecule has 0 aliphatic rings. The fraction of sp³-hybridized carbons (Fsp3) is 0.154. The van der Waals surface area contributed by atoms with E-state index >= 15 is 0 Å². The maximum Gasteiger partial charge on any atom is 0.237 e. The molecule has 2 aromatic heterocycles. The first kappa shape index (κ1) is 15.2. The van der Waals surface area contributed by atoms with E-state index < -0.39 is 0 Å². The third-order valence-electron chi connectivity index (χ3n) is 2.87. The average molecular weight is 333 g/mol. The zero-order valence-electron chi connectivity index (χ0n) is 12.0. The number of benzene rings is 1. The van der Waals surface area contributed by atoms with Crippen molar-refractivity contribution in [2.24, 2.45) is 0 Å². The number of hydrogen-bond acceptors (Lipinski definition) is 9. The Labute approximate surface area is 134 Å². The lowest BCUT2D eigenvalue weighted by atomic mass is 10.1. The van der Waals surface area contributed by atoms with Crippen molar-refractivity contribution in [2.45, 2.75) is 17.8 Å². The molecular weight excluding hydrogens is 321 g/mol. The van der Waals surface area contributed by atoms with Crippen molar-refractivity contribution in [3.8, 4) is 11.4 Å². The molecule has 0 atom stereocenters. The van der Waals surface area contributed by atoms with E-state index in [4.69, 9.17) is 16.0 Å². The summed E-state index contributed by atoms with van der Waals surface area (Å²) < 4.78 is 18.7. The topological polar surface area (TPSA) is 130 Å². The van der Waals surface area contributed by atoms with Gasteiger partial charge in [-0.15, -0.1) is 0 Å². The maximum absolute atomic E-state index is 13.6. The Hall–Kier alpha value is -2.75. The van der Waals surface area contributed by atoms with E-state index in [9.17, 15) is 4.39 Å². The van der Waals surface area contributed by atoms with Gasteiger partial charge in [-0.3, -0.25) is 0 Å². The van der Waals surface area contributed by atoms with Crippen LogP contribution < -0.4 is 11.5 Å². The number of aryl methyl sites for hydroxylation is 1. The summed E-state index contributed by atoms with van der Waals surface area (Å²) in [6, 6.07) is 4.75. The monoisotopic (exact) mass is 333 g/mol. The van der Waals surface area contributed by atoms with Crippen LogP contribution in [0, 0.1) is 12.7 Å². The third kappa shape index (κ3) is 3.54. The van der Waals surface area contributed by atoms with Gasteiger partial charge in [0.15, 0.2) is 5.16 Å². The van der Waals surface area contributed by atoms with Crippen LogP contribution in [0.1, 0.15) is 11.5 Å². The van der Waals surface area contributed by atoms with Crippen molar-refractivity contribution < 1.29 is 8.91 Å². The van der Waals surface area contributed by atoms with Crippen molar-refractivity contribution in [2.75, 3.05) is 11.5 Å². The number of thioether (sulfide) groups is 1. The predicted molar refractivity (Wildman–Crippen MR) is 82.6 cm³/mol. The quantitative estimate of drug-likeness (QED) is 0.686. The molecule has 10 heteroatoms. The van der Waals surface area contributed by atoms with E-state index in [-0.39, 0.29) is 17.7 Å². The first-order chi connectivity index (χ1) is 11.0. The zero-order valence-corrected chi connectivity index (χ0v) is 12.8. The first-order valence-corrected chi connectivity index (χ1v) is 7.49. The van der Waals surface area contributed by atoms with Crippen molar-refractivity contribution >= 4 is 23.7 Å². The highest BCUT2D eigenvalue weighted by atomic mass is 32.2. The second kappa shape index (κ2) is 6.16. The van der Waals surface area contributed by atoms with E-state index in [1.165, 1.54) is 17.8 Å². The molecule has 0 spiro atoms. The fourth-order valence-corrected chi connectivity index (χ4v) is 2.43. The standard InChI is InChI=1S/C13H12FN7OS/c1-6-2-3-7(4-8(6)14)10-17-9(22-21-10)5-23-13-19-11(15)18-12(16)20-13/h2-4H,5H2,1H3,(H4,15,16,18,19,20).